The van der Waals surface area contributed by atoms with Gasteiger partial charge < -0.3 is 29.6 Å². The Hall–Kier alpha value is -3.09. The number of urea groups is 1. The van der Waals surface area contributed by atoms with Crippen LogP contribution in [0, 0.1) is 0 Å². The number of methoxy groups -OCH3 is 4. The fraction of sp³-hybridized carbons (Fsp3) is 0.381. The van der Waals surface area contributed by atoms with Crippen molar-refractivity contribution >= 4 is 6.03 Å². The van der Waals surface area contributed by atoms with Crippen LogP contribution in [0.15, 0.2) is 36.4 Å². The van der Waals surface area contributed by atoms with E-state index >= 15 is 0 Å². The molecule has 0 heterocycles. The van der Waals surface area contributed by atoms with Crippen LogP contribution in [0.3, 0.4) is 0 Å². The third-order valence-corrected chi connectivity index (χ3v) is 4.30. The van der Waals surface area contributed by atoms with E-state index in [2.05, 4.69) is 10.6 Å². The number of hydrogen-bond acceptors (Lipinski definition) is 5. The quantitative estimate of drug-likeness (QED) is 0.654. The summed E-state index contributed by atoms with van der Waals surface area (Å²) in [4.78, 5) is 12.0. The van der Waals surface area contributed by atoms with Gasteiger partial charge in [-0.3, -0.25) is 0 Å². The van der Waals surface area contributed by atoms with Crippen LogP contribution >= 0.6 is 0 Å². The first-order valence-electron chi connectivity index (χ1n) is 9.04. The van der Waals surface area contributed by atoms with E-state index < -0.39 is 0 Å². The Balaban J connectivity index is 1.80. The van der Waals surface area contributed by atoms with Crippen LogP contribution in [-0.4, -0.2) is 47.6 Å². The summed E-state index contributed by atoms with van der Waals surface area (Å²) < 4.78 is 21.2. The largest absolute Gasteiger partial charge is 0.497 e. The van der Waals surface area contributed by atoms with Crippen molar-refractivity contribution in [1.29, 1.82) is 0 Å². The van der Waals surface area contributed by atoms with Gasteiger partial charge in [0.2, 0.25) is 0 Å². The van der Waals surface area contributed by atoms with Gasteiger partial charge in [0, 0.05) is 19.2 Å². The maximum absolute atomic E-state index is 12.0. The lowest BCUT2D eigenvalue weighted by atomic mass is 10.1. The summed E-state index contributed by atoms with van der Waals surface area (Å²) in [5.41, 5.74) is 2.03. The van der Waals surface area contributed by atoms with Crippen LogP contribution in [0.1, 0.15) is 11.1 Å². The molecule has 28 heavy (non-hydrogen) atoms. The van der Waals surface area contributed by atoms with Gasteiger partial charge in [-0.05, 0) is 42.2 Å². The smallest absolute Gasteiger partial charge is 0.314 e. The van der Waals surface area contributed by atoms with E-state index in [1.807, 2.05) is 30.3 Å². The van der Waals surface area contributed by atoms with Crippen LogP contribution in [0.25, 0.3) is 0 Å². The van der Waals surface area contributed by atoms with Crippen LogP contribution < -0.4 is 29.6 Å². The normalized spacial score (nSPS) is 10.1. The molecule has 0 spiro atoms. The van der Waals surface area contributed by atoms with E-state index in [9.17, 15) is 4.79 Å². The van der Waals surface area contributed by atoms with Crippen molar-refractivity contribution in [3.8, 4) is 23.0 Å². The van der Waals surface area contributed by atoms with Crippen molar-refractivity contribution in [3.63, 3.8) is 0 Å². The lowest BCUT2D eigenvalue weighted by molar-refractivity contribution is 0.241. The number of amides is 2. The highest BCUT2D eigenvalue weighted by Crippen LogP contribution is 2.34. The molecule has 2 aromatic carbocycles. The van der Waals surface area contributed by atoms with Crippen LogP contribution in [0.2, 0.25) is 0 Å². The molecule has 0 saturated carbocycles. The zero-order chi connectivity index (χ0) is 20.4. The zero-order valence-corrected chi connectivity index (χ0v) is 16.8. The van der Waals surface area contributed by atoms with Gasteiger partial charge in [-0.2, -0.15) is 0 Å². The van der Waals surface area contributed by atoms with Crippen molar-refractivity contribution in [2.24, 2.45) is 0 Å². The highest BCUT2D eigenvalue weighted by molar-refractivity contribution is 5.73. The monoisotopic (exact) mass is 388 g/mol. The first-order chi connectivity index (χ1) is 13.6. The molecule has 2 rings (SSSR count). The molecule has 0 aromatic heterocycles. The van der Waals surface area contributed by atoms with Crippen LogP contribution in [-0.2, 0) is 12.8 Å². The Bertz CT molecular complexity index is 779. The van der Waals surface area contributed by atoms with Gasteiger partial charge in [0.05, 0.1) is 28.4 Å². The SMILES string of the molecule is COc1cccc(CCNC(=O)NCCc2cc(OC)c(OC)cc2OC)c1. The number of rotatable bonds is 10. The Morgan fingerprint density at radius 3 is 2.07 bits per heavy atom. The standard InChI is InChI=1S/C21H28N2O5/c1-25-17-7-5-6-15(12-17)8-10-22-21(24)23-11-9-16-13-19(27-3)20(28-4)14-18(16)26-2/h5-7,12-14H,8-11H2,1-4H3,(H2,22,23,24). The van der Waals surface area contributed by atoms with Crippen molar-refractivity contribution in [3.05, 3.63) is 47.5 Å². The molecule has 0 saturated heterocycles. The number of nitrogens with one attached hydrogen (secondary N) is 2. The van der Waals surface area contributed by atoms with Gasteiger partial charge in [0.25, 0.3) is 0 Å². The van der Waals surface area contributed by atoms with Crippen LogP contribution in [0.4, 0.5) is 4.79 Å². The van der Waals surface area contributed by atoms with Crippen molar-refractivity contribution in [1.82, 2.24) is 10.6 Å². The molecule has 0 bridgehead atoms. The van der Waals surface area contributed by atoms with Crippen molar-refractivity contribution in [2.45, 2.75) is 12.8 Å². The van der Waals surface area contributed by atoms with E-state index in [4.69, 9.17) is 18.9 Å². The number of ether oxygens (including phenoxy) is 4. The average molecular weight is 388 g/mol. The molecule has 2 amide bonds. The third kappa shape index (κ3) is 5.97. The molecular formula is C21H28N2O5. The predicted octanol–water partition coefficient (Wildman–Crippen LogP) is 2.81. The van der Waals surface area contributed by atoms with E-state index in [1.165, 1.54) is 0 Å². The molecule has 7 nitrogen and oxygen atoms in total. The number of hydrogen-bond donors (Lipinski definition) is 2. The summed E-state index contributed by atoms with van der Waals surface area (Å²) in [6.45, 7) is 1.01. The second kappa shape index (κ2) is 10.9. The first-order valence-corrected chi connectivity index (χ1v) is 9.04. The summed E-state index contributed by atoms with van der Waals surface area (Å²) in [6, 6.07) is 11.2. The predicted molar refractivity (Wildman–Crippen MR) is 108 cm³/mol. The lowest BCUT2D eigenvalue weighted by Gasteiger charge is -2.14. The van der Waals surface area contributed by atoms with Gasteiger partial charge in [-0.1, -0.05) is 12.1 Å². The van der Waals surface area contributed by atoms with Gasteiger partial charge in [0.15, 0.2) is 11.5 Å². The second-order valence-electron chi connectivity index (χ2n) is 6.05. The lowest BCUT2D eigenvalue weighted by Crippen LogP contribution is -2.37. The Labute approximate surface area is 165 Å². The van der Waals surface area contributed by atoms with E-state index in [0.29, 0.717) is 36.8 Å². The van der Waals surface area contributed by atoms with Gasteiger partial charge in [-0.25, -0.2) is 4.79 Å². The van der Waals surface area contributed by atoms with Crippen molar-refractivity contribution in [2.75, 3.05) is 41.5 Å². The van der Waals surface area contributed by atoms with E-state index in [0.717, 1.165) is 23.3 Å². The summed E-state index contributed by atoms with van der Waals surface area (Å²) in [5, 5.41) is 5.71. The minimum absolute atomic E-state index is 0.206. The fourth-order valence-electron chi connectivity index (χ4n) is 2.81. The molecule has 0 aliphatic heterocycles. The molecule has 0 aliphatic rings. The highest BCUT2D eigenvalue weighted by atomic mass is 16.5. The first kappa shape index (κ1) is 21.2. The molecule has 0 radical (unpaired) electrons. The Morgan fingerprint density at radius 2 is 1.43 bits per heavy atom. The minimum Gasteiger partial charge on any atom is -0.497 e. The molecule has 0 aliphatic carbocycles. The van der Waals surface area contributed by atoms with Gasteiger partial charge in [0.1, 0.15) is 11.5 Å². The molecule has 0 fully saturated rings. The minimum atomic E-state index is -0.206. The molecule has 2 aromatic rings. The molecule has 2 N–H and O–H groups in total. The van der Waals surface area contributed by atoms with E-state index in [-0.39, 0.29) is 6.03 Å². The topological polar surface area (TPSA) is 78.1 Å². The summed E-state index contributed by atoms with van der Waals surface area (Å²) >= 11 is 0. The average Bonchev–Trinajstić information content (AvgIpc) is 2.73. The highest BCUT2D eigenvalue weighted by Gasteiger charge is 2.12. The van der Waals surface area contributed by atoms with E-state index in [1.54, 1.807) is 34.5 Å². The Morgan fingerprint density at radius 1 is 0.786 bits per heavy atom. The number of benzene rings is 2. The summed E-state index contributed by atoms with van der Waals surface area (Å²) in [6.07, 6.45) is 1.33. The number of carbonyl (C=O) groups excluding carboxylic acids is 1. The Kier molecular flexibility index (Phi) is 8.27. The molecule has 152 valence electrons. The molecular weight excluding hydrogens is 360 g/mol. The van der Waals surface area contributed by atoms with Crippen LogP contribution in [0.5, 0.6) is 23.0 Å². The third-order valence-electron chi connectivity index (χ3n) is 4.30. The maximum atomic E-state index is 12.0. The van der Waals surface area contributed by atoms with Gasteiger partial charge >= 0.3 is 6.03 Å². The van der Waals surface area contributed by atoms with Crippen molar-refractivity contribution < 1.29 is 23.7 Å². The summed E-state index contributed by atoms with van der Waals surface area (Å²) in [7, 11) is 6.40. The molecule has 7 heteroatoms. The molecule has 0 atom stereocenters. The molecule has 0 unspecified atom stereocenters. The number of carbonyl (C=O) groups is 1. The zero-order valence-electron chi connectivity index (χ0n) is 16.8. The second-order valence-corrected chi connectivity index (χ2v) is 6.05. The summed E-state index contributed by atoms with van der Waals surface area (Å²) in [5.74, 6) is 2.73. The fourth-order valence-corrected chi connectivity index (χ4v) is 2.81. The maximum Gasteiger partial charge on any atom is 0.314 e. The van der Waals surface area contributed by atoms with Gasteiger partial charge in [-0.15, -0.1) is 0 Å².